The average molecular weight is 210 g/mol. The molecule has 0 N–H and O–H groups in total. The van der Waals surface area contributed by atoms with Crippen molar-refractivity contribution in [3.05, 3.63) is 35.4 Å². The molecule has 0 aliphatic heterocycles. The van der Waals surface area contributed by atoms with Crippen molar-refractivity contribution in [1.82, 2.24) is 0 Å². The summed E-state index contributed by atoms with van der Waals surface area (Å²) in [5.41, 5.74) is 2.33. The molecule has 0 spiro atoms. The average Bonchev–Trinajstić information content (AvgIpc) is 2.14. The van der Waals surface area contributed by atoms with Crippen LogP contribution in [0.3, 0.4) is 0 Å². The van der Waals surface area contributed by atoms with Crippen molar-refractivity contribution < 1.29 is 8.78 Å². The highest BCUT2D eigenvalue weighted by Gasteiger charge is 2.45. The molecule has 2 heteroatoms. The van der Waals surface area contributed by atoms with Crippen molar-refractivity contribution in [1.29, 1.82) is 0 Å². The first kappa shape index (κ1) is 10.6. The van der Waals surface area contributed by atoms with Crippen LogP contribution in [0, 0.1) is 0 Å². The van der Waals surface area contributed by atoms with Gasteiger partial charge in [0.2, 0.25) is 5.92 Å². The minimum Gasteiger partial charge on any atom is -0.207 e. The van der Waals surface area contributed by atoms with Crippen LogP contribution in [0.15, 0.2) is 24.3 Å². The first-order chi connectivity index (χ1) is 6.98. The van der Waals surface area contributed by atoms with E-state index in [2.05, 4.69) is 26.0 Å². The Balaban J connectivity index is 2.06. The predicted octanol–water partition coefficient (Wildman–Crippen LogP) is 4.32. The summed E-state index contributed by atoms with van der Waals surface area (Å²) in [6, 6.07) is 8.09. The van der Waals surface area contributed by atoms with Gasteiger partial charge in [-0.15, -0.1) is 0 Å². The number of rotatable bonds is 2. The summed E-state index contributed by atoms with van der Waals surface area (Å²) >= 11 is 0. The Kier molecular flexibility index (Phi) is 2.53. The topological polar surface area (TPSA) is 0 Å². The normalized spacial score (nSPS) is 20.3. The summed E-state index contributed by atoms with van der Waals surface area (Å²) in [5.74, 6) is -1.84. The molecule has 1 aliphatic carbocycles. The molecule has 0 atom stereocenters. The minimum absolute atomic E-state index is 0.0219. The van der Waals surface area contributed by atoms with Crippen LogP contribution in [0.2, 0.25) is 0 Å². The first-order valence-electron chi connectivity index (χ1n) is 5.45. The fourth-order valence-electron chi connectivity index (χ4n) is 2.05. The zero-order chi connectivity index (χ0) is 11.1. The van der Waals surface area contributed by atoms with Crippen LogP contribution < -0.4 is 0 Å². The van der Waals surface area contributed by atoms with E-state index in [0.717, 1.165) is 5.56 Å². The van der Waals surface area contributed by atoms with E-state index in [0.29, 0.717) is 5.92 Å². The van der Waals surface area contributed by atoms with Crippen molar-refractivity contribution in [2.24, 2.45) is 0 Å². The maximum absolute atomic E-state index is 12.7. The number of hydrogen-bond acceptors (Lipinski definition) is 0. The van der Waals surface area contributed by atoms with Gasteiger partial charge in [-0.05, 0) is 23.0 Å². The van der Waals surface area contributed by atoms with Crippen LogP contribution >= 0.6 is 0 Å². The zero-order valence-electron chi connectivity index (χ0n) is 9.13. The van der Waals surface area contributed by atoms with Crippen LogP contribution in [-0.4, -0.2) is 5.92 Å². The van der Waals surface area contributed by atoms with Crippen molar-refractivity contribution >= 4 is 0 Å². The molecule has 15 heavy (non-hydrogen) atoms. The summed E-state index contributed by atoms with van der Waals surface area (Å²) in [5, 5.41) is 0. The highest BCUT2D eigenvalue weighted by atomic mass is 19.3. The number of halogens is 2. The van der Waals surface area contributed by atoms with Gasteiger partial charge in [0.05, 0.1) is 0 Å². The van der Waals surface area contributed by atoms with E-state index in [-0.39, 0.29) is 18.8 Å². The summed E-state index contributed by atoms with van der Waals surface area (Å²) in [6.07, 6.45) is 0.0437. The lowest BCUT2D eigenvalue weighted by atomic mass is 9.76. The van der Waals surface area contributed by atoms with E-state index in [4.69, 9.17) is 0 Å². The van der Waals surface area contributed by atoms with Gasteiger partial charge in [0.1, 0.15) is 0 Å². The summed E-state index contributed by atoms with van der Waals surface area (Å²) in [7, 11) is 0. The van der Waals surface area contributed by atoms with E-state index in [1.54, 1.807) is 0 Å². The molecule has 0 bridgehead atoms. The predicted molar refractivity (Wildman–Crippen MR) is 57.5 cm³/mol. The lowest BCUT2D eigenvalue weighted by Crippen LogP contribution is -2.33. The number of alkyl halides is 2. The Morgan fingerprint density at radius 1 is 1.13 bits per heavy atom. The first-order valence-corrected chi connectivity index (χ1v) is 5.45. The van der Waals surface area contributed by atoms with Gasteiger partial charge < -0.3 is 0 Å². The quantitative estimate of drug-likeness (QED) is 0.681. The smallest absolute Gasteiger partial charge is 0.207 e. The second-order valence-electron chi connectivity index (χ2n) is 4.78. The Morgan fingerprint density at radius 2 is 1.67 bits per heavy atom. The molecule has 0 radical (unpaired) electrons. The second-order valence-corrected chi connectivity index (χ2v) is 4.78. The van der Waals surface area contributed by atoms with Gasteiger partial charge in [-0.25, -0.2) is 8.78 Å². The lowest BCUT2D eigenvalue weighted by Gasteiger charge is -2.35. The molecule has 0 saturated heterocycles. The third-order valence-electron chi connectivity index (χ3n) is 3.16. The number of benzene rings is 1. The van der Waals surface area contributed by atoms with Crippen LogP contribution in [-0.2, 0) is 0 Å². The molecule has 1 saturated carbocycles. The third-order valence-corrected chi connectivity index (χ3v) is 3.16. The van der Waals surface area contributed by atoms with Crippen molar-refractivity contribution in [2.45, 2.75) is 44.4 Å². The van der Waals surface area contributed by atoms with E-state index in [1.807, 2.05) is 12.1 Å². The molecule has 0 heterocycles. The monoisotopic (exact) mass is 210 g/mol. The summed E-state index contributed by atoms with van der Waals surface area (Å²) in [6.45, 7) is 4.26. The standard InChI is InChI=1S/C13H16F2/c1-9(2)10-3-5-11(6-4-10)12-7-13(14,15)8-12/h3-6,9,12H,7-8H2,1-2H3. The highest BCUT2D eigenvalue weighted by molar-refractivity contribution is 5.29. The molecule has 0 unspecified atom stereocenters. The van der Waals surface area contributed by atoms with Gasteiger partial charge in [-0.2, -0.15) is 0 Å². The van der Waals surface area contributed by atoms with Crippen molar-refractivity contribution in [3.63, 3.8) is 0 Å². The second kappa shape index (κ2) is 3.58. The largest absolute Gasteiger partial charge is 0.249 e. The zero-order valence-corrected chi connectivity index (χ0v) is 9.13. The van der Waals surface area contributed by atoms with Gasteiger partial charge in [0.15, 0.2) is 0 Å². The maximum atomic E-state index is 12.7. The molecular weight excluding hydrogens is 194 g/mol. The summed E-state index contributed by atoms with van der Waals surface area (Å²) < 4.78 is 25.4. The van der Waals surface area contributed by atoms with Gasteiger partial charge >= 0.3 is 0 Å². The molecule has 1 aromatic carbocycles. The molecule has 1 aromatic rings. The molecule has 0 nitrogen and oxygen atoms in total. The van der Waals surface area contributed by atoms with Crippen molar-refractivity contribution in [2.75, 3.05) is 0 Å². The van der Waals surface area contributed by atoms with Crippen LogP contribution in [0.4, 0.5) is 8.78 Å². The van der Waals surface area contributed by atoms with Crippen LogP contribution in [0.1, 0.15) is 49.7 Å². The fraction of sp³-hybridized carbons (Fsp3) is 0.538. The molecular formula is C13H16F2. The molecule has 1 aliphatic rings. The molecule has 0 aromatic heterocycles. The van der Waals surface area contributed by atoms with E-state index < -0.39 is 5.92 Å². The molecule has 0 amide bonds. The maximum Gasteiger partial charge on any atom is 0.249 e. The Hall–Kier alpha value is -0.920. The molecule has 2 rings (SSSR count). The van der Waals surface area contributed by atoms with E-state index in [1.165, 1.54) is 5.56 Å². The Morgan fingerprint density at radius 3 is 2.07 bits per heavy atom. The molecule has 1 fully saturated rings. The van der Waals surface area contributed by atoms with Crippen molar-refractivity contribution in [3.8, 4) is 0 Å². The highest BCUT2D eigenvalue weighted by Crippen LogP contribution is 2.48. The van der Waals surface area contributed by atoms with Crippen LogP contribution in [0.5, 0.6) is 0 Å². The Labute approximate surface area is 89.3 Å². The SMILES string of the molecule is CC(C)c1ccc(C2CC(F)(F)C2)cc1. The lowest BCUT2D eigenvalue weighted by molar-refractivity contribution is -0.0867. The van der Waals surface area contributed by atoms with E-state index in [9.17, 15) is 8.78 Å². The van der Waals surface area contributed by atoms with Gasteiger partial charge in [-0.1, -0.05) is 38.1 Å². The summed E-state index contributed by atoms with van der Waals surface area (Å²) in [4.78, 5) is 0. The minimum atomic E-state index is -2.42. The van der Waals surface area contributed by atoms with Gasteiger partial charge in [0.25, 0.3) is 0 Å². The fourth-order valence-corrected chi connectivity index (χ4v) is 2.05. The van der Waals surface area contributed by atoms with Crippen LogP contribution in [0.25, 0.3) is 0 Å². The van der Waals surface area contributed by atoms with Gasteiger partial charge in [-0.3, -0.25) is 0 Å². The molecule has 82 valence electrons. The number of hydrogen-bond donors (Lipinski definition) is 0. The van der Waals surface area contributed by atoms with E-state index >= 15 is 0 Å². The van der Waals surface area contributed by atoms with Gasteiger partial charge in [0, 0.05) is 12.8 Å². The Bertz CT molecular complexity index is 330. The third kappa shape index (κ3) is 2.19.